The minimum absolute atomic E-state index is 1.08. The van der Waals surface area contributed by atoms with Crippen molar-refractivity contribution >= 4 is 35.0 Å². The Hall–Kier alpha value is 0.405. The molecule has 0 aliphatic carbocycles. The maximum absolute atomic E-state index is 5.40. The second-order valence-electron chi connectivity index (χ2n) is 1.08. The van der Waals surface area contributed by atoms with Gasteiger partial charge in [-0.2, -0.15) is 0 Å². The summed E-state index contributed by atoms with van der Waals surface area (Å²) in [5, 5.41) is 1.11. The summed E-state index contributed by atoms with van der Waals surface area (Å²) in [6, 6.07) is 0. The third kappa shape index (κ3) is 0.931. The molecule has 2 radical (unpaired) electrons. The van der Waals surface area contributed by atoms with E-state index in [0.717, 1.165) is 11.4 Å². The highest BCUT2D eigenvalue weighted by atomic mass is 31.1. The van der Waals surface area contributed by atoms with Crippen molar-refractivity contribution in [3.8, 4) is 0 Å². The molecule has 0 atom stereocenters. The first-order valence-corrected chi connectivity index (χ1v) is 3.81. The molecule has 0 aromatic carbocycles. The van der Waals surface area contributed by atoms with Crippen LogP contribution in [0.5, 0.6) is 0 Å². The lowest BCUT2D eigenvalue weighted by atomic mass is 10.1. The molecular weight excluding hydrogens is 109 g/mol. The zero-order valence-corrected chi connectivity index (χ0v) is 5.05. The average molecular weight is 112 g/mol. The molecule has 0 bridgehead atoms. The maximum atomic E-state index is 5.40. The van der Waals surface area contributed by atoms with Gasteiger partial charge < -0.3 is 0 Å². The van der Waals surface area contributed by atoms with Gasteiger partial charge in [0.05, 0.1) is 0 Å². The quantitative estimate of drug-likeness (QED) is 0.323. The van der Waals surface area contributed by atoms with Crippen molar-refractivity contribution < 1.29 is 0 Å². The minimum atomic E-state index is 1.08. The summed E-state index contributed by atoms with van der Waals surface area (Å²) in [5.74, 6) is 0. The molecule has 1 heterocycles. The zero-order chi connectivity index (χ0) is 4.41. The van der Waals surface area contributed by atoms with Crippen molar-refractivity contribution in [3.05, 3.63) is 0 Å². The van der Waals surface area contributed by atoms with E-state index in [4.69, 9.17) is 7.85 Å². The van der Waals surface area contributed by atoms with Gasteiger partial charge in [0.2, 0.25) is 0 Å². The molecule has 3 heteroatoms. The second-order valence-corrected chi connectivity index (χ2v) is 3.51. The normalized spacial score (nSPS) is 23.7. The summed E-state index contributed by atoms with van der Waals surface area (Å²) in [4.78, 5) is 0. The average Bonchev–Trinajstić information content (AvgIpc) is 1.86. The molecule has 0 N–H and O–H groups in total. The maximum Gasteiger partial charge on any atom is 0.115 e. The predicted octanol–water partition coefficient (Wildman–Crippen LogP) is 0.950. The molecule has 0 fully saturated rings. The van der Waals surface area contributed by atoms with Crippen LogP contribution in [-0.4, -0.2) is 24.7 Å². The highest BCUT2D eigenvalue weighted by molar-refractivity contribution is 7.77. The largest absolute Gasteiger partial charge is 0.115 e. The molecule has 1 rings (SSSR count). The van der Waals surface area contributed by atoms with Gasteiger partial charge in [-0.05, 0) is 5.54 Å². The molecule has 0 spiro atoms. The molecule has 0 aromatic rings. The Labute approximate surface area is 42.0 Å². The van der Waals surface area contributed by atoms with E-state index in [1.54, 1.807) is 0 Å². The second kappa shape index (κ2) is 1.91. The summed E-state index contributed by atoms with van der Waals surface area (Å²) in [6.07, 6.45) is 1.08. The highest BCUT2D eigenvalue weighted by Gasteiger charge is 1.87. The summed E-state index contributed by atoms with van der Waals surface area (Å²) in [7, 11) is 8.03. The van der Waals surface area contributed by atoms with Crippen molar-refractivity contribution in [1.82, 2.24) is 0 Å². The number of rotatable bonds is 0. The van der Waals surface area contributed by atoms with E-state index in [1.165, 1.54) is 16.4 Å². The van der Waals surface area contributed by atoms with Crippen LogP contribution in [0.1, 0.15) is 0 Å². The zero-order valence-electron chi connectivity index (χ0n) is 3.26. The Bertz CT molecular complexity index is 105. The Balaban J connectivity index is 2.61. The van der Waals surface area contributed by atoms with Crippen LogP contribution in [0.4, 0.5) is 0 Å². The Morgan fingerprint density at radius 1 is 1.83 bits per heavy atom. The van der Waals surface area contributed by atoms with Gasteiger partial charge in [0.1, 0.15) is 7.85 Å². The molecule has 0 unspecified atom stereocenters. The van der Waals surface area contributed by atoms with Crippen LogP contribution in [0.3, 0.4) is 0 Å². The van der Waals surface area contributed by atoms with Crippen LogP contribution in [0, 0.1) is 0 Å². The van der Waals surface area contributed by atoms with Gasteiger partial charge in [0.25, 0.3) is 0 Å². The van der Waals surface area contributed by atoms with Crippen LogP contribution < -0.4 is 0 Å². The van der Waals surface area contributed by atoms with Crippen LogP contribution in [-0.2, 0) is 0 Å². The molecule has 1 aliphatic heterocycles. The van der Waals surface area contributed by atoms with Gasteiger partial charge in [0.15, 0.2) is 0 Å². The third-order valence-corrected chi connectivity index (χ3v) is 2.94. The van der Waals surface area contributed by atoms with Crippen molar-refractivity contribution in [2.75, 3.05) is 6.16 Å². The highest BCUT2D eigenvalue weighted by Crippen LogP contribution is 2.11. The summed E-state index contributed by atoms with van der Waals surface area (Å²) < 4.78 is 0. The van der Waals surface area contributed by atoms with E-state index < -0.39 is 0 Å². The van der Waals surface area contributed by atoms with Crippen molar-refractivity contribution in [3.63, 3.8) is 0 Å². The minimum Gasteiger partial charge on any atom is -0.0957 e. The lowest BCUT2D eigenvalue weighted by Crippen LogP contribution is -1.89. The van der Waals surface area contributed by atoms with Crippen LogP contribution in [0.2, 0.25) is 0 Å². The molecule has 1 aliphatic rings. The van der Waals surface area contributed by atoms with Crippen LogP contribution in [0.15, 0.2) is 0 Å². The van der Waals surface area contributed by atoms with Crippen LogP contribution in [0.25, 0.3) is 0 Å². The van der Waals surface area contributed by atoms with Crippen molar-refractivity contribution in [2.45, 2.75) is 0 Å². The monoisotopic (exact) mass is 112 g/mol. The fourth-order valence-electron chi connectivity index (χ4n) is 0.290. The molecule has 28 valence electrons. The van der Waals surface area contributed by atoms with Crippen molar-refractivity contribution in [2.24, 2.45) is 0 Å². The first kappa shape index (κ1) is 4.56. The lowest BCUT2D eigenvalue weighted by Gasteiger charge is -1.77. The SMILES string of the molecule is [B]C1=PC=PC1. The summed E-state index contributed by atoms with van der Waals surface area (Å²) in [5.41, 5.74) is 2.16. The molecule has 6 heavy (non-hydrogen) atoms. The predicted molar refractivity (Wildman–Crippen MR) is 35.5 cm³/mol. The van der Waals surface area contributed by atoms with Crippen LogP contribution >= 0.6 is 16.4 Å². The first-order valence-electron chi connectivity index (χ1n) is 1.70. The number of hydrogen-bond acceptors (Lipinski definition) is 0. The lowest BCUT2D eigenvalue weighted by molar-refractivity contribution is 2.14. The van der Waals surface area contributed by atoms with Gasteiger partial charge in [-0.15, -0.1) is 0 Å². The summed E-state index contributed by atoms with van der Waals surface area (Å²) in [6.45, 7) is 0. The van der Waals surface area contributed by atoms with E-state index in [0.29, 0.717) is 0 Å². The third-order valence-electron chi connectivity index (χ3n) is 0.558. The fourth-order valence-corrected chi connectivity index (χ4v) is 2.30. The molecular formula is C3H3BP2. The van der Waals surface area contributed by atoms with Gasteiger partial charge in [-0.1, -0.05) is 21.6 Å². The van der Waals surface area contributed by atoms with Crippen molar-refractivity contribution in [1.29, 1.82) is 0 Å². The van der Waals surface area contributed by atoms with E-state index in [9.17, 15) is 0 Å². The van der Waals surface area contributed by atoms with Gasteiger partial charge in [0, 0.05) is 6.16 Å². The standard InChI is InChI=1S/C3H3BP2/c4-3-1-5-2-6-3/h2H,1H2. The molecule has 0 aromatic heterocycles. The Morgan fingerprint density at radius 2 is 2.67 bits per heavy atom. The fraction of sp³-hybridized carbons (Fsp3) is 0.333. The van der Waals surface area contributed by atoms with Gasteiger partial charge in [-0.3, -0.25) is 0 Å². The topological polar surface area (TPSA) is 0 Å². The molecule has 0 amide bonds. The number of hydrogen-bond donors (Lipinski definition) is 0. The smallest absolute Gasteiger partial charge is 0.0957 e. The Morgan fingerprint density at radius 3 is 2.83 bits per heavy atom. The molecule has 0 saturated carbocycles. The van der Waals surface area contributed by atoms with E-state index in [1.807, 2.05) is 0 Å². The van der Waals surface area contributed by atoms with E-state index in [2.05, 4.69) is 5.54 Å². The van der Waals surface area contributed by atoms with Gasteiger partial charge in [-0.25, -0.2) is 0 Å². The molecule has 0 nitrogen and oxygen atoms in total. The Kier molecular flexibility index (Phi) is 1.45. The molecule has 0 saturated heterocycles. The first-order chi connectivity index (χ1) is 2.89. The van der Waals surface area contributed by atoms with E-state index in [-0.39, 0.29) is 0 Å². The van der Waals surface area contributed by atoms with E-state index >= 15 is 0 Å². The van der Waals surface area contributed by atoms with Gasteiger partial charge >= 0.3 is 0 Å². The summed E-state index contributed by atoms with van der Waals surface area (Å²) >= 11 is 0.